The van der Waals surface area contributed by atoms with Crippen molar-refractivity contribution in [3.63, 3.8) is 0 Å². The lowest BCUT2D eigenvalue weighted by atomic mass is 10.0. The number of nitrogens with zero attached hydrogens (tertiary/aromatic N) is 2. The molecule has 0 fully saturated rings. The van der Waals surface area contributed by atoms with Crippen LogP contribution in [0.2, 0.25) is 0 Å². The average Bonchev–Trinajstić information content (AvgIpc) is 2.88. The summed E-state index contributed by atoms with van der Waals surface area (Å²) in [4.78, 5) is 16.2. The monoisotopic (exact) mass is 437 g/mol. The number of nitrogens with one attached hydrogen (secondary N) is 1. The third-order valence-electron chi connectivity index (χ3n) is 5.09. The standard InChI is InChI=1S/C27H23N3O3/c28-30-24-17-25(32-18-20-10-4-1-5-11-20)23(29-27(31)22-14-8-3-9-15-22)16-26(24)33-19-21-12-6-2-7-13-21/h1-16H,17-19H2,(H,29,31). The number of benzene rings is 3. The van der Waals surface area contributed by atoms with Crippen molar-refractivity contribution in [3.05, 3.63) is 137 Å². The Labute approximate surface area is 192 Å². The zero-order valence-electron chi connectivity index (χ0n) is 18.0. The summed E-state index contributed by atoms with van der Waals surface area (Å²) in [7, 11) is 0. The van der Waals surface area contributed by atoms with E-state index in [4.69, 9.17) is 9.47 Å². The van der Waals surface area contributed by atoms with E-state index in [0.29, 0.717) is 41.7 Å². The maximum absolute atomic E-state index is 12.8. The lowest BCUT2D eigenvalue weighted by Crippen LogP contribution is -2.28. The highest BCUT2D eigenvalue weighted by atomic mass is 16.5. The summed E-state index contributed by atoms with van der Waals surface area (Å²) in [5.41, 5.74) is 12.9. The van der Waals surface area contributed by atoms with Gasteiger partial charge in [-0.3, -0.25) is 4.79 Å². The van der Waals surface area contributed by atoms with Gasteiger partial charge in [-0.15, -0.1) is 0 Å². The van der Waals surface area contributed by atoms with Crippen molar-refractivity contribution in [1.82, 2.24) is 5.32 Å². The summed E-state index contributed by atoms with van der Waals surface area (Å²) in [6, 6.07) is 28.3. The van der Waals surface area contributed by atoms with E-state index in [-0.39, 0.29) is 12.3 Å². The Morgan fingerprint density at radius 2 is 1.36 bits per heavy atom. The minimum atomic E-state index is -0.269. The maximum atomic E-state index is 12.8. The summed E-state index contributed by atoms with van der Waals surface area (Å²) in [6.07, 6.45) is 1.82. The number of hydrogen-bond donors (Lipinski definition) is 1. The third kappa shape index (κ3) is 5.85. The molecule has 4 rings (SSSR count). The molecule has 1 N–H and O–H groups in total. The second-order valence-corrected chi connectivity index (χ2v) is 7.44. The predicted octanol–water partition coefficient (Wildman–Crippen LogP) is 5.02. The van der Waals surface area contributed by atoms with Crippen LogP contribution < -0.4 is 5.32 Å². The van der Waals surface area contributed by atoms with Gasteiger partial charge in [-0.25, -0.2) is 0 Å². The zero-order valence-corrected chi connectivity index (χ0v) is 18.0. The molecule has 3 aromatic carbocycles. The molecule has 0 saturated carbocycles. The quantitative estimate of drug-likeness (QED) is 0.397. The molecule has 0 atom stereocenters. The Morgan fingerprint density at radius 1 is 0.818 bits per heavy atom. The summed E-state index contributed by atoms with van der Waals surface area (Å²) >= 11 is 0. The maximum Gasteiger partial charge on any atom is 0.341 e. The highest BCUT2D eigenvalue weighted by Gasteiger charge is 2.29. The van der Waals surface area contributed by atoms with E-state index in [1.807, 2.05) is 66.7 Å². The Bertz CT molecular complexity index is 1210. The molecule has 0 aromatic heterocycles. The van der Waals surface area contributed by atoms with Crippen LogP contribution in [-0.4, -0.2) is 16.4 Å². The van der Waals surface area contributed by atoms with Crippen molar-refractivity contribution in [1.29, 1.82) is 0 Å². The highest BCUT2D eigenvalue weighted by molar-refractivity contribution is 5.99. The molecule has 1 aliphatic carbocycles. The van der Waals surface area contributed by atoms with Crippen molar-refractivity contribution in [2.24, 2.45) is 0 Å². The molecule has 0 aliphatic heterocycles. The van der Waals surface area contributed by atoms with Gasteiger partial charge in [-0.1, -0.05) is 78.9 Å². The summed E-state index contributed by atoms with van der Waals surface area (Å²) < 4.78 is 12.0. The number of hydrogen-bond acceptors (Lipinski definition) is 3. The van der Waals surface area contributed by atoms with Crippen LogP contribution in [0.15, 0.2) is 114 Å². The van der Waals surface area contributed by atoms with Crippen LogP contribution in [0.1, 0.15) is 27.9 Å². The van der Waals surface area contributed by atoms with Gasteiger partial charge in [0.1, 0.15) is 25.4 Å². The van der Waals surface area contributed by atoms with E-state index in [0.717, 1.165) is 11.1 Å². The van der Waals surface area contributed by atoms with Gasteiger partial charge in [0.25, 0.3) is 5.91 Å². The van der Waals surface area contributed by atoms with Crippen molar-refractivity contribution in [2.45, 2.75) is 19.6 Å². The lowest BCUT2D eigenvalue weighted by molar-refractivity contribution is -0.0145. The summed E-state index contributed by atoms with van der Waals surface area (Å²) in [5, 5.41) is 2.92. The second kappa shape index (κ2) is 10.8. The van der Waals surface area contributed by atoms with Crippen molar-refractivity contribution >= 4 is 11.6 Å². The van der Waals surface area contributed by atoms with E-state index < -0.39 is 0 Å². The molecular formula is C27H23N3O3. The van der Waals surface area contributed by atoms with Crippen molar-refractivity contribution < 1.29 is 19.1 Å². The van der Waals surface area contributed by atoms with E-state index in [1.54, 1.807) is 30.3 Å². The molecule has 1 aliphatic rings. The second-order valence-electron chi connectivity index (χ2n) is 7.44. The van der Waals surface area contributed by atoms with Crippen LogP contribution in [0.3, 0.4) is 0 Å². The van der Waals surface area contributed by atoms with Crippen LogP contribution in [0.4, 0.5) is 0 Å². The Balaban J connectivity index is 1.60. The smallest absolute Gasteiger partial charge is 0.341 e. The number of carbonyl (C=O) groups excluding carboxylic acids is 1. The first-order valence-electron chi connectivity index (χ1n) is 10.6. The minimum Gasteiger partial charge on any atom is -0.490 e. The van der Waals surface area contributed by atoms with E-state index >= 15 is 0 Å². The van der Waals surface area contributed by atoms with Crippen LogP contribution in [0, 0.1) is 0 Å². The molecule has 0 bridgehead atoms. The SMILES string of the molecule is [N-]=[N+]=C1CC(OCc2ccccc2)=C(NC(=O)c2ccccc2)C=C1OCc1ccccc1. The number of carbonyl (C=O) groups is 1. The minimum absolute atomic E-state index is 0.175. The first kappa shape index (κ1) is 21.8. The third-order valence-corrected chi connectivity index (χ3v) is 5.09. The Kier molecular flexibility index (Phi) is 7.11. The van der Waals surface area contributed by atoms with Gasteiger partial charge in [0.15, 0.2) is 0 Å². The molecule has 6 heteroatoms. The molecule has 0 spiro atoms. The van der Waals surface area contributed by atoms with E-state index in [2.05, 4.69) is 10.1 Å². The van der Waals surface area contributed by atoms with Crippen molar-refractivity contribution in [2.75, 3.05) is 0 Å². The van der Waals surface area contributed by atoms with Crippen LogP contribution in [0.25, 0.3) is 5.53 Å². The fourth-order valence-corrected chi connectivity index (χ4v) is 3.34. The molecule has 0 radical (unpaired) electrons. The van der Waals surface area contributed by atoms with Gasteiger partial charge in [0, 0.05) is 11.6 Å². The molecule has 1 amide bonds. The molecule has 33 heavy (non-hydrogen) atoms. The van der Waals surface area contributed by atoms with E-state index in [1.165, 1.54) is 0 Å². The number of rotatable bonds is 8. The van der Waals surface area contributed by atoms with Crippen LogP contribution in [0.5, 0.6) is 0 Å². The molecule has 0 unspecified atom stereocenters. The molecular weight excluding hydrogens is 414 g/mol. The molecule has 164 valence electrons. The molecule has 6 nitrogen and oxygen atoms in total. The van der Waals surface area contributed by atoms with Gasteiger partial charge in [-0.05, 0) is 23.3 Å². The van der Waals surface area contributed by atoms with Gasteiger partial charge in [-0.2, -0.15) is 4.79 Å². The topological polar surface area (TPSA) is 84.0 Å². The Morgan fingerprint density at radius 3 is 1.94 bits per heavy atom. The first-order chi connectivity index (χ1) is 16.2. The summed E-state index contributed by atoms with van der Waals surface area (Å²) in [6.45, 7) is 0.611. The molecule has 0 saturated heterocycles. The molecule has 0 heterocycles. The van der Waals surface area contributed by atoms with Crippen LogP contribution >= 0.6 is 0 Å². The fraction of sp³-hybridized carbons (Fsp3) is 0.111. The van der Waals surface area contributed by atoms with Crippen molar-refractivity contribution in [3.8, 4) is 0 Å². The zero-order chi connectivity index (χ0) is 22.9. The number of allylic oxidation sites excluding steroid dienone is 3. The van der Waals surface area contributed by atoms with E-state index in [9.17, 15) is 10.3 Å². The van der Waals surface area contributed by atoms with Gasteiger partial charge in [0.2, 0.25) is 5.76 Å². The highest BCUT2D eigenvalue weighted by Crippen LogP contribution is 2.24. The van der Waals surface area contributed by atoms with Crippen LogP contribution in [-0.2, 0) is 22.7 Å². The normalized spacial score (nSPS) is 13.1. The Hall–Kier alpha value is -4.41. The lowest BCUT2D eigenvalue weighted by Gasteiger charge is -2.19. The predicted molar refractivity (Wildman–Crippen MR) is 125 cm³/mol. The van der Waals surface area contributed by atoms with Gasteiger partial charge in [0.05, 0.1) is 5.70 Å². The van der Waals surface area contributed by atoms with Gasteiger partial charge < -0.3 is 20.3 Å². The first-order valence-corrected chi connectivity index (χ1v) is 10.6. The summed E-state index contributed by atoms with van der Waals surface area (Å²) in [5.74, 6) is 0.592. The molecule has 3 aromatic rings. The number of amides is 1. The fourth-order valence-electron chi connectivity index (χ4n) is 3.34. The average molecular weight is 437 g/mol. The van der Waals surface area contributed by atoms with Gasteiger partial charge >= 0.3 is 5.71 Å². The number of ether oxygens (including phenoxy) is 2. The largest absolute Gasteiger partial charge is 0.490 e.